The van der Waals surface area contributed by atoms with E-state index in [4.69, 9.17) is 0 Å². The molecule has 4 nitrogen and oxygen atoms in total. The molecule has 0 radical (unpaired) electrons. The Morgan fingerprint density at radius 1 is 1.35 bits per heavy atom. The molecule has 1 aromatic carbocycles. The first-order valence-corrected chi connectivity index (χ1v) is 8.08. The molecule has 1 aliphatic heterocycles. The summed E-state index contributed by atoms with van der Waals surface area (Å²) in [7, 11) is 0. The third kappa shape index (κ3) is 3.63. The van der Waals surface area contributed by atoms with E-state index in [0.29, 0.717) is 13.1 Å². The Labute approximate surface area is 138 Å². The number of carbonyl (C=O) groups is 2. The molecule has 23 heavy (non-hydrogen) atoms. The molecule has 0 atom stereocenters. The average molecular weight is 314 g/mol. The summed E-state index contributed by atoms with van der Waals surface area (Å²) in [5.41, 5.74) is 3.46. The Bertz CT molecular complexity index is 634. The fourth-order valence-corrected chi connectivity index (χ4v) is 3.17. The van der Waals surface area contributed by atoms with Gasteiger partial charge in [-0.15, -0.1) is 0 Å². The fourth-order valence-electron chi connectivity index (χ4n) is 3.17. The summed E-state index contributed by atoms with van der Waals surface area (Å²) in [6.45, 7) is 12.8. The lowest BCUT2D eigenvalue weighted by molar-refractivity contribution is -0.143. The first-order valence-electron chi connectivity index (χ1n) is 8.08. The van der Waals surface area contributed by atoms with Crippen LogP contribution in [-0.2, 0) is 22.6 Å². The number of aryl methyl sites for hydroxylation is 1. The van der Waals surface area contributed by atoms with Crippen molar-refractivity contribution in [1.82, 2.24) is 9.80 Å². The molecule has 2 amide bonds. The van der Waals surface area contributed by atoms with Crippen LogP contribution in [0, 0.1) is 6.92 Å². The minimum Gasteiger partial charge on any atom is -0.331 e. The van der Waals surface area contributed by atoms with Crippen molar-refractivity contribution in [2.75, 3.05) is 13.1 Å². The monoisotopic (exact) mass is 314 g/mol. The second-order valence-electron chi connectivity index (χ2n) is 6.80. The molecule has 0 spiro atoms. The van der Waals surface area contributed by atoms with Gasteiger partial charge in [0, 0.05) is 18.6 Å². The van der Waals surface area contributed by atoms with Crippen LogP contribution < -0.4 is 0 Å². The molecule has 1 heterocycles. The van der Waals surface area contributed by atoms with Gasteiger partial charge in [0.25, 0.3) is 0 Å². The zero-order valence-corrected chi connectivity index (χ0v) is 14.6. The molecule has 0 aromatic heterocycles. The van der Waals surface area contributed by atoms with E-state index in [1.807, 2.05) is 11.8 Å². The van der Waals surface area contributed by atoms with Gasteiger partial charge in [-0.2, -0.15) is 0 Å². The Hall–Kier alpha value is -2.10. The zero-order valence-electron chi connectivity index (χ0n) is 14.6. The second kappa shape index (κ2) is 6.57. The fraction of sp³-hybridized carbons (Fsp3) is 0.474. The van der Waals surface area contributed by atoms with Crippen molar-refractivity contribution in [3.63, 3.8) is 0 Å². The van der Waals surface area contributed by atoms with Crippen LogP contribution >= 0.6 is 0 Å². The van der Waals surface area contributed by atoms with E-state index in [9.17, 15) is 9.59 Å². The lowest BCUT2D eigenvalue weighted by atomic mass is 9.85. The van der Waals surface area contributed by atoms with E-state index in [2.05, 4.69) is 45.5 Å². The van der Waals surface area contributed by atoms with Gasteiger partial charge in [-0.3, -0.25) is 9.59 Å². The zero-order chi connectivity index (χ0) is 17.2. The van der Waals surface area contributed by atoms with E-state index in [1.165, 1.54) is 27.7 Å². The molecule has 0 unspecified atom stereocenters. The van der Waals surface area contributed by atoms with Crippen molar-refractivity contribution < 1.29 is 9.59 Å². The quantitative estimate of drug-likeness (QED) is 0.802. The number of nitrogens with zero attached hydrogens (tertiary/aromatic N) is 2. The Kier molecular flexibility index (Phi) is 4.93. The Balaban J connectivity index is 2.22. The average Bonchev–Trinajstić information content (AvgIpc) is 2.50. The van der Waals surface area contributed by atoms with Crippen LogP contribution in [0.4, 0.5) is 0 Å². The van der Waals surface area contributed by atoms with Gasteiger partial charge in [0.05, 0.1) is 0 Å². The second-order valence-corrected chi connectivity index (χ2v) is 6.80. The smallest absolute Gasteiger partial charge is 0.246 e. The molecule has 4 heteroatoms. The van der Waals surface area contributed by atoms with Crippen LogP contribution in [0.1, 0.15) is 37.5 Å². The molecule has 124 valence electrons. The predicted molar refractivity (Wildman–Crippen MR) is 92.0 cm³/mol. The highest BCUT2D eigenvalue weighted by molar-refractivity contribution is 5.91. The maximum atomic E-state index is 12.8. The maximum Gasteiger partial charge on any atom is 0.246 e. The predicted octanol–water partition coefficient (Wildman–Crippen LogP) is 2.69. The van der Waals surface area contributed by atoms with E-state index >= 15 is 0 Å². The van der Waals surface area contributed by atoms with Crippen molar-refractivity contribution in [2.24, 2.45) is 0 Å². The third-order valence-electron chi connectivity index (χ3n) is 4.54. The SMILES string of the molecule is C=CC(=O)N(CC)CC(=O)N1Cc2cc(C)ccc2CC1(C)C. The van der Waals surface area contributed by atoms with Gasteiger partial charge in [-0.1, -0.05) is 30.3 Å². The van der Waals surface area contributed by atoms with Gasteiger partial charge in [0.1, 0.15) is 6.54 Å². The summed E-state index contributed by atoms with van der Waals surface area (Å²) in [6.07, 6.45) is 2.09. The summed E-state index contributed by atoms with van der Waals surface area (Å²) >= 11 is 0. The maximum absolute atomic E-state index is 12.8. The summed E-state index contributed by atoms with van der Waals surface area (Å²) in [5, 5.41) is 0. The normalized spacial score (nSPS) is 15.7. The highest BCUT2D eigenvalue weighted by atomic mass is 16.2. The summed E-state index contributed by atoms with van der Waals surface area (Å²) in [5.74, 6) is -0.217. The van der Waals surface area contributed by atoms with Crippen molar-refractivity contribution in [3.05, 3.63) is 47.5 Å². The molecular weight excluding hydrogens is 288 g/mol. The van der Waals surface area contributed by atoms with Gasteiger partial charge in [0.15, 0.2) is 0 Å². The van der Waals surface area contributed by atoms with Crippen LogP contribution in [0.3, 0.4) is 0 Å². The minimum atomic E-state index is -0.254. The van der Waals surface area contributed by atoms with Crippen molar-refractivity contribution in [3.8, 4) is 0 Å². The number of amides is 2. The van der Waals surface area contributed by atoms with Crippen LogP contribution in [-0.4, -0.2) is 40.2 Å². The Morgan fingerprint density at radius 3 is 2.65 bits per heavy atom. The molecule has 0 saturated carbocycles. The number of rotatable bonds is 4. The number of likely N-dealkylation sites (N-methyl/N-ethyl adjacent to an activating group) is 1. The van der Waals surface area contributed by atoms with Crippen LogP contribution in [0.5, 0.6) is 0 Å². The van der Waals surface area contributed by atoms with Gasteiger partial charge >= 0.3 is 0 Å². The van der Waals surface area contributed by atoms with E-state index in [0.717, 1.165) is 6.42 Å². The molecule has 0 fully saturated rings. The summed E-state index contributed by atoms with van der Waals surface area (Å²) < 4.78 is 0. The number of benzene rings is 1. The molecule has 0 N–H and O–H groups in total. The van der Waals surface area contributed by atoms with Crippen LogP contribution in [0.15, 0.2) is 30.9 Å². The van der Waals surface area contributed by atoms with E-state index in [1.54, 1.807) is 0 Å². The van der Waals surface area contributed by atoms with Crippen molar-refractivity contribution in [1.29, 1.82) is 0 Å². The number of hydrogen-bond donors (Lipinski definition) is 0. The standard InChI is InChI=1S/C19H26N2O2/c1-6-17(22)20(7-2)13-18(23)21-12-16-10-14(3)8-9-15(16)11-19(21,4)5/h6,8-10H,1,7,11-13H2,2-5H3. The summed E-state index contributed by atoms with van der Waals surface area (Å²) in [4.78, 5) is 28.0. The number of carbonyl (C=O) groups excluding carboxylic acids is 2. The van der Waals surface area contributed by atoms with Gasteiger partial charge in [-0.05, 0) is 51.3 Å². The van der Waals surface area contributed by atoms with E-state index in [-0.39, 0.29) is 23.9 Å². The van der Waals surface area contributed by atoms with E-state index < -0.39 is 0 Å². The first-order chi connectivity index (χ1) is 10.8. The molecular formula is C19H26N2O2. The lowest BCUT2D eigenvalue weighted by Gasteiger charge is -2.44. The van der Waals surface area contributed by atoms with Gasteiger partial charge in [0.2, 0.25) is 11.8 Å². The van der Waals surface area contributed by atoms with Crippen molar-refractivity contribution >= 4 is 11.8 Å². The molecule has 0 bridgehead atoms. The first kappa shape index (κ1) is 17.3. The molecule has 1 aromatic rings. The van der Waals surface area contributed by atoms with Crippen molar-refractivity contribution in [2.45, 2.75) is 46.2 Å². The highest BCUT2D eigenvalue weighted by Crippen LogP contribution is 2.31. The Morgan fingerprint density at radius 2 is 2.04 bits per heavy atom. The van der Waals surface area contributed by atoms with Gasteiger partial charge < -0.3 is 9.80 Å². The third-order valence-corrected chi connectivity index (χ3v) is 4.54. The molecule has 0 saturated heterocycles. The summed E-state index contributed by atoms with van der Waals surface area (Å²) in [6, 6.07) is 6.43. The molecule has 2 rings (SSSR count). The minimum absolute atomic E-state index is 0.0146. The number of hydrogen-bond acceptors (Lipinski definition) is 2. The molecule has 0 aliphatic carbocycles. The van der Waals surface area contributed by atoms with Crippen LogP contribution in [0.25, 0.3) is 0 Å². The van der Waals surface area contributed by atoms with Crippen LogP contribution in [0.2, 0.25) is 0 Å². The number of fused-ring (bicyclic) bond motifs is 1. The topological polar surface area (TPSA) is 40.6 Å². The lowest BCUT2D eigenvalue weighted by Crippen LogP contribution is -2.54. The molecule has 1 aliphatic rings. The van der Waals surface area contributed by atoms with Gasteiger partial charge in [-0.25, -0.2) is 0 Å². The largest absolute Gasteiger partial charge is 0.331 e. The highest BCUT2D eigenvalue weighted by Gasteiger charge is 2.36.